The molecule has 0 unspecified atom stereocenters. The molecule has 126 valence electrons. The highest BCUT2D eigenvalue weighted by molar-refractivity contribution is 5.84. The lowest BCUT2D eigenvalue weighted by atomic mass is 10.1. The first-order valence-corrected chi connectivity index (χ1v) is 7.59. The summed E-state index contributed by atoms with van der Waals surface area (Å²) in [5.74, 6) is 1.51. The van der Waals surface area contributed by atoms with Crippen LogP contribution in [0, 0.1) is 5.82 Å². The van der Waals surface area contributed by atoms with Gasteiger partial charge in [0.2, 0.25) is 0 Å². The third-order valence-electron chi connectivity index (χ3n) is 3.86. The fourth-order valence-corrected chi connectivity index (χ4v) is 2.64. The molecule has 0 saturated heterocycles. The predicted octanol–water partition coefficient (Wildman–Crippen LogP) is 3.25. The average Bonchev–Trinajstić information content (AvgIpc) is 3.22. The zero-order valence-corrected chi connectivity index (χ0v) is 13.6. The van der Waals surface area contributed by atoms with Gasteiger partial charge in [0, 0.05) is 24.7 Å². The highest BCUT2D eigenvalue weighted by atomic mass is 19.1. The van der Waals surface area contributed by atoms with Crippen molar-refractivity contribution < 1.29 is 9.13 Å². The minimum atomic E-state index is -0.297. The van der Waals surface area contributed by atoms with Crippen LogP contribution in [0.2, 0.25) is 0 Å². The Morgan fingerprint density at radius 1 is 1.20 bits per heavy atom. The van der Waals surface area contributed by atoms with Crippen molar-refractivity contribution >= 4 is 22.7 Å². The molecule has 0 radical (unpaired) electrons. The molecule has 3 heterocycles. The van der Waals surface area contributed by atoms with E-state index in [1.54, 1.807) is 36.2 Å². The van der Waals surface area contributed by atoms with E-state index in [1.807, 2.05) is 13.1 Å². The number of aromatic nitrogens is 5. The zero-order valence-electron chi connectivity index (χ0n) is 13.6. The fraction of sp³-hybridized carbons (Fsp3) is 0.118. The van der Waals surface area contributed by atoms with Gasteiger partial charge in [-0.2, -0.15) is 10.2 Å². The molecule has 0 atom stereocenters. The molecule has 2 N–H and O–H groups in total. The van der Waals surface area contributed by atoms with Gasteiger partial charge in [-0.3, -0.25) is 9.78 Å². The lowest BCUT2D eigenvalue weighted by molar-refractivity contribution is 0.419. The summed E-state index contributed by atoms with van der Waals surface area (Å²) in [5.41, 5.74) is 2.12. The number of anilines is 2. The Morgan fingerprint density at radius 3 is 2.88 bits per heavy atom. The van der Waals surface area contributed by atoms with Crippen molar-refractivity contribution in [2.24, 2.45) is 7.05 Å². The zero-order chi connectivity index (χ0) is 17.4. The second kappa shape index (κ2) is 5.90. The number of nitrogens with one attached hydrogen (secondary N) is 2. The molecule has 4 aromatic rings. The first kappa shape index (κ1) is 15.1. The highest BCUT2D eigenvalue weighted by Crippen LogP contribution is 2.28. The summed E-state index contributed by atoms with van der Waals surface area (Å²) in [5, 5.41) is 15.2. The van der Waals surface area contributed by atoms with Gasteiger partial charge in [-0.25, -0.2) is 9.37 Å². The summed E-state index contributed by atoms with van der Waals surface area (Å²) in [6, 6.07) is 9.88. The van der Waals surface area contributed by atoms with Crippen LogP contribution < -0.4 is 10.1 Å². The van der Waals surface area contributed by atoms with E-state index in [2.05, 4.69) is 25.6 Å². The lowest BCUT2D eigenvalue weighted by Gasteiger charge is -2.06. The smallest absolute Gasteiger partial charge is 0.163 e. The normalized spacial score (nSPS) is 11.0. The maximum Gasteiger partial charge on any atom is 0.163 e. The van der Waals surface area contributed by atoms with Gasteiger partial charge in [0.1, 0.15) is 17.4 Å². The van der Waals surface area contributed by atoms with Crippen LogP contribution in [0.1, 0.15) is 0 Å². The number of pyridine rings is 1. The SMILES string of the molecule is COc1cc(Nc2cc(-c3cccc(F)c3)[nH]n2)nc2c1cnn2C. The summed E-state index contributed by atoms with van der Waals surface area (Å²) in [6.07, 6.45) is 1.71. The molecule has 0 bridgehead atoms. The molecular formula is C17H15FN6O. The molecule has 25 heavy (non-hydrogen) atoms. The summed E-state index contributed by atoms with van der Waals surface area (Å²) in [7, 11) is 3.41. The predicted molar refractivity (Wildman–Crippen MR) is 92.3 cm³/mol. The number of halogens is 1. The summed E-state index contributed by atoms with van der Waals surface area (Å²) in [4.78, 5) is 4.53. The topological polar surface area (TPSA) is 80.7 Å². The van der Waals surface area contributed by atoms with Crippen LogP contribution >= 0.6 is 0 Å². The maximum atomic E-state index is 13.4. The Labute approximate surface area is 142 Å². The molecule has 4 rings (SSSR count). The van der Waals surface area contributed by atoms with E-state index >= 15 is 0 Å². The summed E-state index contributed by atoms with van der Waals surface area (Å²) in [6.45, 7) is 0. The van der Waals surface area contributed by atoms with E-state index in [0.717, 1.165) is 5.39 Å². The number of fused-ring (bicyclic) bond motifs is 1. The second-order valence-electron chi connectivity index (χ2n) is 5.52. The van der Waals surface area contributed by atoms with Gasteiger partial charge in [0.05, 0.1) is 24.4 Å². The Balaban J connectivity index is 1.67. The lowest BCUT2D eigenvalue weighted by Crippen LogP contribution is -1.98. The monoisotopic (exact) mass is 338 g/mol. The van der Waals surface area contributed by atoms with E-state index in [-0.39, 0.29) is 5.82 Å². The van der Waals surface area contributed by atoms with Crippen molar-refractivity contribution in [3.63, 3.8) is 0 Å². The van der Waals surface area contributed by atoms with Gasteiger partial charge in [-0.15, -0.1) is 0 Å². The van der Waals surface area contributed by atoms with Gasteiger partial charge in [-0.1, -0.05) is 12.1 Å². The molecule has 1 aromatic carbocycles. The number of nitrogens with zero attached hydrogens (tertiary/aromatic N) is 4. The molecule has 0 aliphatic heterocycles. The molecule has 0 saturated carbocycles. The van der Waals surface area contributed by atoms with Crippen molar-refractivity contribution in [1.29, 1.82) is 0 Å². The van der Waals surface area contributed by atoms with Crippen LogP contribution in [0.4, 0.5) is 16.0 Å². The van der Waals surface area contributed by atoms with Crippen molar-refractivity contribution in [2.75, 3.05) is 12.4 Å². The number of hydrogen-bond donors (Lipinski definition) is 2. The average molecular weight is 338 g/mol. The Hall–Kier alpha value is -3.42. The number of H-pyrrole nitrogens is 1. The first-order valence-electron chi connectivity index (χ1n) is 7.59. The van der Waals surface area contributed by atoms with Gasteiger partial charge in [0.25, 0.3) is 0 Å². The van der Waals surface area contributed by atoms with E-state index in [1.165, 1.54) is 12.1 Å². The van der Waals surface area contributed by atoms with Crippen molar-refractivity contribution in [2.45, 2.75) is 0 Å². The van der Waals surface area contributed by atoms with Gasteiger partial charge in [-0.05, 0) is 12.1 Å². The van der Waals surface area contributed by atoms with E-state index in [9.17, 15) is 4.39 Å². The minimum Gasteiger partial charge on any atom is -0.496 e. The van der Waals surface area contributed by atoms with Crippen molar-refractivity contribution in [1.82, 2.24) is 25.0 Å². The van der Waals surface area contributed by atoms with E-state index < -0.39 is 0 Å². The summed E-state index contributed by atoms with van der Waals surface area (Å²) < 4.78 is 20.4. The number of rotatable bonds is 4. The number of aromatic amines is 1. The molecule has 0 fully saturated rings. The molecule has 0 amide bonds. The number of aryl methyl sites for hydroxylation is 1. The Morgan fingerprint density at radius 2 is 2.08 bits per heavy atom. The van der Waals surface area contributed by atoms with Crippen molar-refractivity contribution in [3.8, 4) is 17.0 Å². The minimum absolute atomic E-state index is 0.297. The number of hydrogen-bond acceptors (Lipinski definition) is 5. The molecule has 3 aromatic heterocycles. The van der Waals surface area contributed by atoms with Crippen LogP contribution in [-0.4, -0.2) is 32.1 Å². The fourth-order valence-electron chi connectivity index (χ4n) is 2.64. The largest absolute Gasteiger partial charge is 0.496 e. The second-order valence-corrected chi connectivity index (χ2v) is 5.52. The number of ether oxygens (including phenoxy) is 1. The molecule has 7 nitrogen and oxygen atoms in total. The van der Waals surface area contributed by atoms with Crippen LogP contribution in [0.25, 0.3) is 22.3 Å². The molecule has 8 heteroatoms. The van der Waals surface area contributed by atoms with Crippen molar-refractivity contribution in [3.05, 3.63) is 48.4 Å². The Bertz CT molecular complexity index is 1050. The quantitative estimate of drug-likeness (QED) is 0.597. The van der Waals surface area contributed by atoms with Gasteiger partial charge < -0.3 is 10.1 Å². The third-order valence-corrected chi connectivity index (χ3v) is 3.86. The molecule has 0 aliphatic rings. The molecule has 0 aliphatic carbocycles. The molecular weight excluding hydrogens is 323 g/mol. The van der Waals surface area contributed by atoms with Crippen LogP contribution in [0.3, 0.4) is 0 Å². The molecule has 0 spiro atoms. The first-order chi connectivity index (χ1) is 12.1. The van der Waals surface area contributed by atoms with E-state index in [0.29, 0.717) is 34.3 Å². The Kier molecular flexibility index (Phi) is 3.57. The van der Waals surface area contributed by atoms with Crippen LogP contribution in [-0.2, 0) is 7.05 Å². The maximum absolute atomic E-state index is 13.4. The van der Waals surface area contributed by atoms with Crippen LogP contribution in [0.15, 0.2) is 42.6 Å². The van der Waals surface area contributed by atoms with Crippen LogP contribution in [0.5, 0.6) is 5.75 Å². The highest BCUT2D eigenvalue weighted by Gasteiger charge is 2.12. The number of benzene rings is 1. The standard InChI is InChI=1S/C17H15FN6O/c1-24-17-12(9-19-24)14(25-2)8-15(21-17)20-16-7-13(22-23-16)10-4-3-5-11(18)6-10/h3-9H,1-2H3,(H2,20,21,22,23). The van der Waals surface area contributed by atoms with Gasteiger partial charge >= 0.3 is 0 Å². The number of methoxy groups -OCH3 is 1. The van der Waals surface area contributed by atoms with Gasteiger partial charge in [0.15, 0.2) is 11.5 Å². The summed E-state index contributed by atoms with van der Waals surface area (Å²) >= 11 is 0. The third kappa shape index (κ3) is 2.78. The van der Waals surface area contributed by atoms with E-state index in [4.69, 9.17) is 4.74 Å².